The quantitative estimate of drug-likeness (QED) is 0.377. The van der Waals surface area contributed by atoms with Crippen LogP contribution >= 0.6 is 0 Å². The Kier molecular flexibility index (Phi) is 10.7. The van der Waals surface area contributed by atoms with Crippen molar-refractivity contribution >= 4 is 11.7 Å². The van der Waals surface area contributed by atoms with Crippen LogP contribution in [0.15, 0.2) is 42.5 Å². The number of carbonyl (C=O) groups is 1. The second kappa shape index (κ2) is 13.2. The van der Waals surface area contributed by atoms with E-state index in [0.29, 0.717) is 23.7 Å². The van der Waals surface area contributed by atoms with Crippen LogP contribution in [0.3, 0.4) is 0 Å². The zero-order valence-electron chi connectivity index (χ0n) is 21.1. The van der Waals surface area contributed by atoms with Gasteiger partial charge in [0.1, 0.15) is 0 Å². The van der Waals surface area contributed by atoms with E-state index in [2.05, 4.69) is 24.1 Å². The van der Waals surface area contributed by atoms with Crippen molar-refractivity contribution < 1.29 is 27.4 Å². The summed E-state index contributed by atoms with van der Waals surface area (Å²) in [7, 11) is 3.10. The fourth-order valence-electron chi connectivity index (χ4n) is 3.85. The number of hydrogen-bond donors (Lipinski definition) is 1. The Morgan fingerprint density at radius 2 is 1.63 bits per heavy atom. The lowest BCUT2D eigenvalue weighted by Crippen LogP contribution is -2.41. The van der Waals surface area contributed by atoms with Gasteiger partial charge in [-0.05, 0) is 81.4 Å². The Morgan fingerprint density at radius 1 is 1.00 bits per heavy atom. The lowest BCUT2D eigenvalue weighted by atomic mass is 10.1. The first-order chi connectivity index (χ1) is 16.6. The number of nitrogens with zero attached hydrogens (tertiary/aromatic N) is 2. The predicted octanol–water partition coefficient (Wildman–Crippen LogP) is 6.27. The maximum atomic E-state index is 13.3. The van der Waals surface area contributed by atoms with Gasteiger partial charge in [0.25, 0.3) is 0 Å². The molecule has 1 unspecified atom stereocenters. The summed E-state index contributed by atoms with van der Waals surface area (Å²) in [5.74, 6) is 1.14. The Morgan fingerprint density at radius 3 is 2.17 bits per heavy atom. The van der Waals surface area contributed by atoms with Gasteiger partial charge in [-0.1, -0.05) is 19.9 Å². The minimum atomic E-state index is -4.43. The lowest BCUT2D eigenvalue weighted by Gasteiger charge is -2.30. The molecule has 2 aromatic rings. The number of alkyl halides is 3. The second-order valence-corrected chi connectivity index (χ2v) is 8.34. The molecule has 0 saturated heterocycles. The van der Waals surface area contributed by atoms with Crippen LogP contribution < -0.4 is 14.8 Å². The molecule has 1 atom stereocenters. The molecule has 194 valence electrons. The number of urea groups is 1. The van der Waals surface area contributed by atoms with Crippen LogP contribution in [0.5, 0.6) is 11.5 Å². The highest BCUT2D eigenvalue weighted by Crippen LogP contribution is 2.31. The van der Waals surface area contributed by atoms with Gasteiger partial charge in [0.2, 0.25) is 0 Å². The van der Waals surface area contributed by atoms with Gasteiger partial charge in [-0.2, -0.15) is 13.2 Å². The van der Waals surface area contributed by atoms with Gasteiger partial charge in [0.15, 0.2) is 11.5 Å². The highest BCUT2D eigenvalue weighted by molar-refractivity contribution is 5.89. The van der Waals surface area contributed by atoms with Crippen LogP contribution in [0.25, 0.3) is 0 Å². The van der Waals surface area contributed by atoms with E-state index in [4.69, 9.17) is 9.47 Å². The van der Waals surface area contributed by atoms with Crippen molar-refractivity contribution in [2.45, 2.75) is 52.4 Å². The molecular formula is C26H36F3N3O3. The van der Waals surface area contributed by atoms with E-state index in [1.807, 2.05) is 19.1 Å². The van der Waals surface area contributed by atoms with E-state index >= 15 is 0 Å². The molecular weight excluding hydrogens is 459 g/mol. The monoisotopic (exact) mass is 495 g/mol. The highest BCUT2D eigenvalue weighted by Gasteiger charge is 2.30. The summed E-state index contributed by atoms with van der Waals surface area (Å²) in [4.78, 5) is 17.3. The van der Waals surface area contributed by atoms with Crippen molar-refractivity contribution in [3.05, 3.63) is 53.6 Å². The van der Waals surface area contributed by atoms with Crippen LogP contribution in [-0.2, 0) is 12.7 Å². The fraction of sp³-hybridized carbons (Fsp3) is 0.500. The van der Waals surface area contributed by atoms with Crippen molar-refractivity contribution in [2.24, 2.45) is 0 Å². The number of benzene rings is 2. The summed E-state index contributed by atoms with van der Waals surface area (Å²) in [5, 5.41) is 2.75. The van der Waals surface area contributed by atoms with E-state index < -0.39 is 11.7 Å². The Labute approximate surface area is 206 Å². The molecule has 0 saturated carbocycles. The number of carbonyl (C=O) groups excluding carboxylic acids is 1. The molecule has 1 N–H and O–H groups in total. The van der Waals surface area contributed by atoms with E-state index in [0.717, 1.165) is 50.2 Å². The number of hydrogen-bond acceptors (Lipinski definition) is 4. The van der Waals surface area contributed by atoms with E-state index in [1.54, 1.807) is 25.2 Å². The van der Waals surface area contributed by atoms with Gasteiger partial charge < -0.3 is 24.6 Å². The minimum absolute atomic E-state index is 0.104. The molecule has 0 fully saturated rings. The molecule has 0 aliphatic heterocycles. The van der Waals surface area contributed by atoms with Crippen LogP contribution in [0, 0.1) is 0 Å². The summed E-state index contributed by atoms with van der Waals surface area (Å²) in [5.41, 5.74) is 0.388. The van der Waals surface area contributed by atoms with Crippen molar-refractivity contribution in [1.29, 1.82) is 0 Å². The summed E-state index contributed by atoms with van der Waals surface area (Å²) >= 11 is 0. The number of anilines is 1. The molecule has 2 rings (SSSR count). The average Bonchev–Trinajstić information content (AvgIpc) is 2.84. The average molecular weight is 496 g/mol. The third kappa shape index (κ3) is 8.35. The molecule has 9 heteroatoms. The molecule has 0 aliphatic rings. The van der Waals surface area contributed by atoms with E-state index in [9.17, 15) is 18.0 Å². The summed E-state index contributed by atoms with van der Waals surface area (Å²) < 4.78 is 49.3. The number of methoxy groups -OCH3 is 2. The highest BCUT2D eigenvalue weighted by atomic mass is 19.4. The molecule has 6 nitrogen and oxygen atoms in total. The molecule has 2 amide bonds. The van der Waals surface area contributed by atoms with Crippen LogP contribution in [0.1, 0.15) is 44.7 Å². The minimum Gasteiger partial charge on any atom is -0.493 e. The maximum absolute atomic E-state index is 13.3. The first-order valence-electron chi connectivity index (χ1n) is 11.8. The summed E-state index contributed by atoms with van der Waals surface area (Å²) in [6.07, 6.45) is -2.73. The Bertz CT molecular complexity index is 932. The Hall–Kier alpha value is -2.94. The predicted molar refractivity (Wildman–Crippen MR) is 132 cm³/mol. The van der Waals surface area contributed by atoms with Crippen LogP contribution in [0.2, 0.25) is 0 Å². The zero-order valence-corrected chi connectivity index (χ0v) is 21.1. The first kappa shape index (κ1) is 28.3. The fourth-order valence-corrected chi connectivity index (χ4v) is 3.85. The van der Waals surface area contributed by atoms with E-state index in [-0.39, 0.29) is 12.1 Å². The van der Waals surface area contributed by atoms with Crippen molar-refractivity contribution in [1.82, 2.24) is 9.80 Å². The van der Waals surface area contributed by atoms with Gasteiger partial charge in [0, 0.05) is 18.3 Å². The van der Waals surface area contributed by atoms with Crippen molar-refractivity contribution in [3.63, 3.8) is 0 Å². The first-order valence-corrected chi connectivity index (χ1v) is 11.8. The molecule has 0 aromatic heterocycles. The summed E-state index contributed by atoms with van der Waals surface area (Å²) in [6.45, 7) is 9.39. The molecule has 0 aliphatic carbocycles. The van der Waals surface area contributed by atoms with Gasteiger partial charge in [0.05, 0.1) is 19.8 Å². The second-order valence-electron chi connectivity index (χ2n) is 8.34. The zero-order chi connectivity index (χ0) is 26.0. The van der Waals surface area contributed by atoms with E-state index in [1.165, 1.54) is 12.1 Å². The maximum Gasteiger partial charge on any atom is 0.416 e. The smallest absolute Gasteiger partial charge is 0.416 e. The molecule has 0 bridgehead atoms. The van der Waals surface area contributed by atoms with Gasteiger partial charge >= 0.3 is 12.2 Å². The van der Waals surface area contributed by atoms with Gasteiger partial charge in [-0.3, -0.25) is 0 Å². The topological polar surface area (TPSA) is 54.0 Å². The third-order valence-electron chi connectivity index (χ3n) is 6.05. The molecule has 0 radical (unpaired) electrons. The number of rotatable bonds is 12. The van der Waals surface area contributed by atoms with Crippen molar-refractivity contribution in [2.75, 3.05) is 39.2 Å². The number of halogens is 3. The number of ether oxygens (including phenoxy) is 2. The number of amides is 2. The molecule has 35 heavy (non-hydrogen) atoms. The molecule has 2 aromatic carbocycles. The van der Waals surface area contributed by atoms with Gasteiger partial charge in [-0.25, -0.2) is 4.79 Å². The lowest BCUT2D eigenvalue weighted by molar-refractivity contribution is -0.137. The molecule has 0 spiro atoms. The van der Waals surface area contributed by atoms with Gasteiger partial charge in [-0.15, -0.1) is 0 Å². The van der Waals surface area contributed by atoms with Crippen LogP contribution in [-0.4, -0.2) is 55.7 Å². The SMILES string of the molecule is CCN(CC)CCCC(C)N(Cc1ccc(OC)c(OC)c1)C(=O)Nc1ccc(C(F)(F)F)cc1. The Balaban J connectivity index is 2.20. The standard InChI is InChI=1S/C26H36F3N3O3/c1-6-31(7-2)16-8-9-19(3)32(18-20-10-15-23(34-4)24(17-20)35-5)25(33)30-22-13-11-21(12-14-22)26(27,28)29/h10-15,17,19H,6-9,16,18H2,1-5H3,(H,30,33). The van der Waals surface area contributed by atoms with Crippen molar-refractivity contribution in [3.8, 4) is 11.5 Å². The normalized spacial score (nSPS) is 12.4. The summed E-state index contributed by atoms with van der Waals surface area (Å²) in [6, 6.07) is 9.43. The third-order valence-corrected chi connectivity index (χ3v) is 6.05. The largest absolute Gasteiger partial charge is 0.493 e. The number of nitrogens with one attached hydrogen (secondary N) is 1. The van der Waals surface area contributed by atoms with Crippen LogP contribution in [0.4, 0.5) is 23.7 Å². The molecule has 0 heterocycles.